The van der Waals surface area contributed by atoms with Gasteiger partial charge in [-0.3, -0.25) is 0 Å². The molecule has 1 aromatic carbocycles. The molecule has 96 valence electrons. The van der Waals surface area contributed by atoms with Gasteiger partial charge in [0.2, 0.25) is 0 Å². The van der Waals surface area contributed by atoms with Crippen molar-refractivity contribution in [2.75, 3.05) is 34.0 Å². The third kappa shape index (κ3) is 4.63. The Labute approximate surface area is 103 Å². The average molecular weight is 239 g/mol. The van der Waals surface area contributed by atoms with Crippen LogP contribution in [0.3, 0.4) is 0 Å². The number of methoxy groups -OCH3 is 2. The Kier molecular flexibility index (Phi) is 6.43. The predicted molar refractivity (Wildman–Crippen MR) is 67.7 cm³/mol. The van der Waals surface area contributed by atoms with Crippen molar-refractivity contribution >= 4 is 0 Å². The molecule has 0 bridgehead atoms. The second kappa shape index (κ2) is 7.92. The van der Waals surface area contributed by atoms with Gasteiger partial charge in [0.15, 0.2) is 11.5 Å². The maximum Gasteiger partial charge on any atom is 0.161 e. The maximum absolute atomic E-state index is 5.61. The summed E-state index contributed by atoms with van der Waals surface area (Å²) in [4.78, 5) is 0. The van der Waals surface area contributed by atoms with E-state index in [1.54, 1.807) is 14.2 Å². The number of nitrogens with two attached hydrogens (primary N) is 1. The van der Waals surface area contributed by atoms with E-state index in [-0.39, 0.29) is 0 Å². The first-order valence-corrected chi connectivity index (χ1v) is 5.80. The smallest absolute Gasteiger partial charge is 0.161 e. The first-order valence-electron chi connectivity index (χ1n) is 5.80. The molecule has 17 heavy (non-hydrogen) atoms. The van der Waals surface area contributed by atoms with Crippen molar-refractivity contribution in [1.82, 2.24) is 0 Å². The fraction of sp³-hybridized carbons (Fsp3) is 0.538. The summed E-state index contributed by atoms with van der Waals surface area (Å²) >= 11 is 0. The zero-order chi connectivity index (χ0) is 12.5. The molecule has 1 rings (SSSR count). The summed E-state index contributed by atoms with van der Waals surface area (Å²) < 4.78 is 15.8. The Morgan fingerprint density at radius 1 is 1.12 bits per heavy atom. The standard InChI is InChI=1S/C13H21NO3/c1-15-8-9-17-13-10-11(4-3-7-14)5-6-12(13)16-2/h5-6,10H,3-4,7-9,14H2,1-2H3. The van der Waals surface area contributed by atoms with Gasteiger partial charge >= 0.3 is 0 Å². The van der Waals surface area contributed by atoms with Crippen molar-refractivity contribution in [3.05, 3.63) is 23.8 Å². The molecule has 2 N–H and O–H groups in total. The summed E-state index contributed by atoms with van der Waals surface area (Å²) in [6, 6.07) is 5.97. The van der Waals surface area contributed by atoms with Crippen LogP contribution in [0, 0.1) is 0 Å². The van der Waals surface area contributed by atoms with Gasteiger partial charge in [-0.25, -0.2) is 0 Å². The molecule has 0 saturated heterocycles. The van der Waals surface area contributed by atoms with Crippen LogP contribution in [0.1, 0.15) is 12.0 Å². The fourth-order valence-corrected chi connectivity index (χ4v) is 1.53. The van der Waals surface area contributed by atoms with E-state index in [0.717, 1.165) is 24.3 Å². The third-order valence-corrected chi connectivity index (χ3v) is 2.44. The highest BCUT2D eigenvalue weighted by atomic mass is 16.5. The Hall–Kier alpha value is -1.26. The summed E-state index contributed by atoms with van der Waals surface area (Å²) in [5.41, 5.74) is 6.71. The lowest BCUT2D eigenvalue weighted by molar-refractivity contribution is 0.144. The number of hydrogen-bond acceptors (Lipinski definition) is 4. The molecule has 0 spiro atoms. The van der Waals surface area contributed by atoms with Crippen LogP contribution in [0.2, 0.25) is 0 Å². The van der Waals surface area contributed by atoms with E-state index in [4.69, 9.17) is 19.9 Å². The fourth-order valence-electron chi connectivity index (χ4n) is 1.53. The van der Waals surface area contributed by atoms with Crippen molar-refractivity contribution in [2.45, 2.75) is 12.8 Å². The maximum atomic E-state index is 5.61. The molecule has 0 unspecified atom stereocenters. The Bertz CT molecular complexity index is 328. The molecule has 0 saturated carbocycles. The summed E-state index contributed by atoms with van der Waals surface area (Å²) in [5, 5.41) is 0. The molecule has 4 heteroatoms. The largest absolute Gasteiger partial charge is 0.493 e. The average Bonchev–Trinajstić information content (AvgIpc) is 2.37. The van der Waals surface area contributed by atoms with Crippen LogP contribution in [0.15, 0.2) is 18.2 Å². The minimum atomic E-state index is 0.521. The summed E-state index contributed by atoms with van der Waals surface area (Å²) in [7, 11) is 3.29. The molecule has 0 atom stereocenters. The summed E-state index contributed by atoms with van der Waals surface area (Å²) in [6.45, 7) is 1.79. The molecule has 1 aromatic rings. The molecular formula is C13H21NO3. The monoisotopic (exact) mass is 239 g/mol. The Morgan fingerprint density at radius 3 is 2.59 bits per heavy atom. The topological polar surface area (TPSA) is 53.7 Å². The molecule has 0 amide bonds. The highest BCUT2D eigenvalue weighted by Crippen LogP contribution is 2.28. The summed E-state index contributed by atoms with van der Waals surface area (Å²) in [5.74, 6) is 1.51. The zero-order valence-electron chi connectivity index (χ0n) is 10.6. The van der Waals surface area contributed by atoms with Crippen molar-refractivity contribution in [3.8, 4) is 11.5 Å². The van der Waals surface area contributed by atoms with Gasteiger partial charge in [-0.1, -0.05) is 6.07 Å². The van der Waals surface area contributed by atoms with Gasteiger partial charge in [-0.05, 0) is 37.1 Å². The van der Waals surface area contributed by atoms with Crippen LogP contribution in [0.5, 0.6) is 11.5 Å². The first kappa shape index (κ1) is 13.8. The van der Waals surface area contributed by atoms with E-state index >= 15 is 0 Å². The minimum absolute atomic E-state index is 0.521. The summed E-state index contributed by atoms with van der Waals surface area (Å²) in [6.07, 6.45) is 1.94. The van der Waals surface area contributed by atoms with E-state index < -0.39 is 0 Å². The third-order valence-electron chi connectivity index (χ3n) is 2.44. The van der Waals surface area contributed by atoms with Crippen LogP contribution in [-0.4, -0.2) is 34.0 Å². The Balaban J connectivity index is 2.68. The van der Waals surface area contributed by atoms with Crippen LogP contribution >= 0.6 is 0 Å². The first-order chi connectivity index (χ1) is 8.31. The predicted octanol–water partition coefficient (Wildman–Crippen LogP) is 1.61. The SMILES string of the molecule is COCCOc1cc(CCCN)ccc1OC. The van der Waals surface area contributed by atoms with Crippen LogP contribution in [-0.2, 0) is 11.2 Å². The van der Waals surface area contributed by atoms with Gasteiger partial charge in [0.25, 0.3) is 0 Å². The molecule has 0 radical (unpaired) electrons. The molecule has 0 aliphatic carbocycles. The van der Waals surface area contributed by atoms with Gasteiger partial charge in [-0.15, -0.1) is 0 Å². The van der Waals surface area contributed by atoms with E-state index in [0.29, 0.717) is 19.8 Å². The lowest BCUT2D eigenvalue weighted by atomic mass is 10.1. The van der Waals surface area contributed by atoms with Crippen molar-refractivity contribution in [1.29, 1.82) is 0 Å². The molecule has 0 aliphatic rings. The van der Waals surface area contributed by atoms with Crippen LogP contribution < -0.4 is 15.2 Å². The van der Waals surface area contributed by atoms with E-state index in [1.165, 1.54) is 5.56 Å². The molecule has 0 aromatic heterocycles. The van der Waals surface area contributed by atoms with Gasteiger partial charge in [0.1, 0.15) is 6.61 Å². The van der Waals surface area contributed by atoms with Gasteiger partial charge in [0, 0.05) is 7.11 Å². The van der Waals surface area contributed by atoms with E-state index in [1.807, 2.05) is 18.2 Å². The van der Waals surface area contributed by atoms with E-state index in [2.05, 4.69) is 0 Å². The Morgan fingerprint density at radius 2 is 1.94 bits per heavy atom. The van der Waals surface area contributed by atoms with Gasteiger partial charge in [-0.2, -0.15) is 0 Å². The number of benzene rings is 1. The van der Waals surface area contributed by atoms with Gasteiger partial charge < -0.3 is 19.9 Å². The highest BCUT2D eigenvalue weighted by molar-refractivity contribution is 5.43. The number of ether oxygens (including phenoxy) is 3. The number of aryl methyl sites for hydroxylation is 1. The van der Waals surface area contributed by atoms with Crippen LogP contribution in [0.25, 0.3) is 0 Å². The van der Waals surface area contributed by atoms with Crippen molar-refractivity contribution < 1.29 is 14.2 Å². The van der Waals surface area contributed by atoms with Gasteiger partial charge in [0.05, 0.1) is 13.7 Å². The molecule has 4 nitrogen and oxygen atoms in total. The molecule has 0 heterocycles. The van der Waals surface area contributed by atoms with Crippen molar-refractivity contribution in [3.63, 3.8) is 0 Å². The second-order valence-corrected chi connectivity index (χ2v) is 3.72. The second-order valence-electron chi connectivity index (χ2n) is 3.72. The normalized spacial score (nSPS) is 10.3. The minimum Gasteiger partial charge on any atom is -0.493 e. The number of hydrogen-bond donors (Lipinski definition) is 1. The zero-order valence-corrected chi connectivity index (χ0v) is 10.6. The molecule has 0 aliphatic heterocycles. The van der Waals surface area contributed by atoms with E-state index in [9.17, 15) is 0 Å². The number of rotatable bonds is 8. The lowest BCUT2D eigenvalue weighted by Crippen LogP contribution is -2.06. The quantitative estimate of drug-likeness (QED) is 0.700. The molecular weight excluding hydrogens is 218 g/mol. The highest BCUT2D eigenvalue weighted by Gasteiger charge is 2.05. The van der Waals surface area contributed by atoms with Crippen molar-refractivity contribution in [2.24, 2.45) is 5.73 Å². The lowest BCUT2D eigenvalue weighted by Gasteiger charge is -2.12. The molecule has 0 fully saturated rings. The van der Waals surface area contributed by atoms with Crippen LogP contribution in [0.4, 0.5) is 0 Å².